The highest BCUT2D eigenvalue weighted by Crippen LogP contribution is 2.33. The fourth-order valence-corrected chi connectivity index (χ4v) is 3.76. The fourth-order valence-electron chi connectivity index (χ4n) is 3.76. The molecule has 0 aliphatic heterocycles. The summed E-state index contributed by atoms with van der Waals surface area (Å²) in [4.78, 5) is 4.60. The molecule has 5 rings (SSSR count). The van der Waals surface area contributed by atoms with Crippen molar-refractivity contribution < 1.29 is 9.47 Å². The Morgan fingerprint density at radius 1 is 1.18 bits per heavy atom. The van der Waals surface area contributed by atoms with Crippen molar-refractivity contribution >= 4 is 17.0 Å². The maximum absolute atomic E-state index is 5.62. The smallest absolute Gasteiger partial charge is 0.244 e. The molecule has 0 atom stereocenters. The first-order valence-corrected chi connectivity index (χ1v) is 9.50. The van der Waals surface area contributed by atoms with Crippen molar-refractivity contribution in [2.45, 2.75) is 31.9 Å². The van der Waals surface area contributed by atoms with Crippen molar-refractivity contribution in [1.82, 2.24) is 24.2 Å². The number of nitrogens with one attached hydrogen (secondary N) is 1. The summed E-state index contributed by atoms with van der Waals surface area (Å²) >= 11 is 0. The molecule has 1 N–H and O–H groups in total. The number of anilines is 1. The van der Waals surface area contributed by atoms with E-state index in [4.69, 9.17) is 9.47 Å². The minimum atomic E-state index is 0.331. The molecule has 4 aromatic rings. The summed E-state index contributed by atoms with van der Waals surface area (Å²) in [5.41, 5.74) is 3.96. The predicted octanol–water partition coefficient (Wildman–Crippen LogP) is 3.03. The minimum Gasteiger partial charge on any atom is -0.479 e. The first kappa shape index (κ1) is 17.0. The molecule has 8 heteroatoms. The lowest BCUT2D eigenvalue weighted by Gasteiger charge is -2.35. The summed E-state index contributed by atoms with van der Waals surface area (Å²) in [5, 5.41) is 12.3. The van der Waals surface area contributed by atoms with Crippen LogP contribution in [0.5, 0.6) is 5.88 Å². The van der Waals surface area contributed by atoms with Crippen molar-refractivity contribution in [2.24, 2.45) is 0 Å². The average Bonchev–Trinajstić information content (AvgIpc) is 3.31. The number of hydrogen-bond acceptors (Lipinski definition) is 6. The van der Waals surface area contributed by atoms with E-state index in [9.17, 15) is 0 Å². The molecule has 0 saturated heterocycles. The van der Waals surface area contributed by atoms with Gasteiger partial charge in [0.2, 0.25) is 11.8 Å². The largest absolute Gasteiger partial charge is 0.479 e. The molecule has 0 bridgehead atoms. The Morgan fingerprint density at radius 2 is 2.04 bits per heavy atom. The second-order valence-corrected chi connectivity index (χ2v) is 6.97. The van der Waals surface area contributed by atoms with E-state index < -0.39 is 0 Å². The number of fused-ring (bicyclic) bond motifs is 2. The standard InChI is InChI=1S/C20H22N6O2/c1-3-28-16-11-14(12-16)22-20-23-19(27-2)18-17(6-9-26(18)24-20)13-5-8-25-15(10-13)4-7-21-25/h4-10,14,16H,3,11-12H2,1-2H3,(H,22,24). The van der Waals surface area contributed by atoms with Crippen molar-refractivity contribution in [3.8, 4) is 17.0 Å². The van der Waals surface area contributed by atoms with Gasteiger partial charge in [0.15, 0.2) is 0 Å². The Morgan fingerprint density at radius 3 is 2.86 bits per heavy atom. The molecule has 0 radical (unpaired) electrons. The second-order valence-electron chi connectivity index (χ2n) is 6.97. The summed E-state index contributed by atoms with van der Waals surface area (Å²) < 4.78 is 14.9. The highest BCUT2D eigenvalue weighted by Gasteiger charge is 2.30. The van der Waals surface area contributed by atoms with Crippen molar-refractivity contribution in [2.75, 3.05) is 19.0 Å². The number of ether oxygens (including phenoxy) is 2. The zero-order valence-electron chi connectivity index (χ0n) is 15.9. The molecule has 144 valence electrons. The van der Waals surface area contributed by atoms with Gasteiger partial charge in [-0.1, -0.05) is 0 Å². The zero-order chi connectivity index (χ0) is 19.1. The van der Waals surface area contributed by atoms with Gasteiger partial charge in [0.05, 0.1) is 18.7 Å². The van der Waals surface area contributed by atoms with Crippen molar-refractivity contribution in [1.29, 1.82) is 0 Å². The Bertz CT molecular complexity index is 1130. The number of pyridine rings is 1. The Hall–Kier alpha value is -3.13. The molecule has 0 unspecified atom stereocenters. The Balaban J connectivity index is 1.47. The van der Waals surface area contributed by atoms with Crippen LogP contribution in [0.2, 0.25) is 0 Å². The van der Waals surface area contributed by atoms with Crippen LogP contribution in [0.25, 0.3) is 22.2 Å². The lowest BCUT2D eigenvalue weighted by Crippen LogP contribution is -2.41. The fraction of sp³-hybridized carbons (Fsp3) is 0.350. The molecule has 1 aliphatic carbocycles. The summed E-state index contributed by atoms with van der Waals surface area (Å²) in [6.45, 7) is 2.78. The predicted molar refractivity (Wildman–Crippen MR) is 106 cm³/mol. The van der Waals surface area contributed by atoms with Gasteiger partial charge in [-0.25, -0.2) is 9.03 Å². The highest BCUT2D eigenvalue weighted by molar-refractivity contribution is 5.85. The third kappa shape index (κ3) is 2.86. The van der Waals surface area contributed by atoms with Crippen molar-refractivity contribution in [3.63, 3.8) is 0 Å². The summed E-state index contributed by atoms with van der Waals surface area (Å²) in [6.07, 6.45) is 7.95. The average molecular weight is 378 g/mol. The van der Waals surface area contributed by atoms with E-state index in [0.717, 1.165) is 41.6 Å². The van der Waals surface area contributed by atoms with Crippen LogP contribution in [0.15, 0.2) is 42.9 Å². The van der Waals surface area contributed by atoms with Crippen LogP contribution >= 0.6 is 0 Å². The third-order valence-electron chi connectivity index (χ3n) is 5.21. The van der Waals surface area contributed by atoms with E-state index in [1.165, 1.54) is 0 Å². The number of methoxy groups -OCH3 is 1. The topological polar surface area (TPSA) is 78.0 Å². The van der Waals surface area contributed by atoms with Gasteiger partial charge in [-0.3, -0.25) is 0 Å². The van der Waals surface area contributed by atoms with Gasteiger partial charge in [0, 0.05) is 36.8 Å². The normalized spacial score (nSPS) is 19.1. The first-order chi connectivity index (χ1) is 13.7. The van der Waals surface area contributed by atoms with Gasteiger partial charge in [-0.2, -0.15) is 10.1 Å². The summed E-state index contributed by atoms with van der Waals surface area (Å²) in [7, 11) is 1.64. The maximum atomic E-state index is 5.62. The lowest BCUT2D eigenvalue weighted by molar-refractivity contribution is 0.00282. The van der Waals surface area contributed by atoms with E-state index in [0.29, 0.717) is 24.0 Å². The van der Waals surface area contributed by atoms with Crippen LogP contribution in [0.3, 0.4) is 0 Å². The quantitative estimate of drug-likeness (QED) is 0.556. The van der Waals surface area contributed by atoms with Gasteiger partial charge >= 0.3 is 0 Å². The van der Waals surface area contributed by atoms with Crippen molar-refractivity contribution in [3.05, 3.63) is 42.9 Å². The molecule has 0 aromatic carbocycles. The molecule has 4 heterocycles. The molecule has 4 aromatic heterocycles. The van der Waals surface area contributed by atoms with Gasteiger partial charge in [-0.05, 0) is 49.6 Å². The molecule has 1 aliphatic rings. The SMILES string of the molecule is CCOC1CC(Nc2nc(OC)c3c(-c4ccn5nccc5c4)ccn3n2)C1. The van der Waals surface area contributed by atoms with E-state index in [-0.39, 0.29) is 0 Å². The molecule has 8 nitrogen and oxygen atoms in total. The zero-order valence-corrected chi connectivity index (χ0v) is 15.9. The van der Waals surface area contributed by atoms with Crippen LogP contribution < -0.4 is 10.1 Å². The van der Waals surface area contributed by atoms with Gasteiger partial charge in [-0.15, -0.1) is 5.10 Å². The Labute approximate surface area is 162 Å². The number of aromatic nitrogens is 5. The summed E-state index contributed by atoms with van der Waals surface area (Å²) in [6, 6.07) is 8.47. The third-order valence-corrected chi connectivity index (χ3v) is 5.21. The lowest BCUT2D eigenvalue weighted by atomic mass is 9.89. The number of rotatable bonds is 6. The highest BCUT2D eigenvalue weighted by atomic mass is 16.5. The van der Waals surface area contributed by atoms with Crippen LogP contribution in [-0.4, -0.2) is 50.1 Å². The van der Waals surface area contributed by atoms with Crippen LogP contribution in [-0.2, 0) is 4.74 Å². The molecule has 0 amide bonds. The molecular weight excluding hydrogens is 356 g/mol. The summed E-state index contributed by atoms with van der Waals surface area (Å²) in [5.74, 6) is 1.12. The maximum Gasteiger partial charge on any atom is 0.244 e. The van der Waals surface area contributed by atoms with Gasteiger partial charge in [0.25, 0.3) is 0 Å². The monoisotopic (exact) mass is 378 g/mol. The molecular formula is C20H22N6O2. The van der Waals surface area contributed by atoms with E-state index in [1.807, 2.05) is 46.5 Å². The second kappa shape index (κ2) is 6.79. The van der Waals surface area contributed by atoms with Gasteiger partial charge < -0.3 is 14.8 Å². The van der Waals surface area contributed by atoms with E-state index in [2.05, 4.69) is 26.6 Å². The van der Waals surface area contributed by atoms with E-state index in [1.54, 1.807) is 13.3 Å². The van der Waals surface area contributed by atoms with Crippen LogP contribution in [0.1, 0.15) is 19.8 Å². The molecule has 28 heavy (non-hydrogen) atoms. The minimum absolute atomic E-state index is 0.331. The van der Waals surface area contributed by atoms with Crippen LogP contribution in [0.4, 0.5) is 5.95 Å². The molecule has 0 spiro atoms. The number of nitrogens with zero attached hydrogens (tertiary/aromatic N) is 5. The Kier molecular flexibility index (Phi) is 4.12. The number of hydrogen-bond donors (Lipinski definition) is 1. The van der Waals surface area contributed by atoms with Crippen LogP contribution in [0, 0.1) is 0 Å². The van der Waals surface area contributed by atoms with Gasteiger partial charge in [0.1, 0.15) is 5.52 Å². The molecule has 1 saturated carbocycles. The molecule has 1 fully saturated rings. The first-order valence-electron chi connectivity index (χ1n) is 9.50. The van der Waals surface area contributed by atoms with E-state index >= 15 is 0 Å².